The molecule has 1 aromatic carbocycles. The van der Waals surface area contributed by atoms with E-state index in [2.05, 4.69) is 27.8 Å². The fourth-order valence-electron chi connectivity index (χ4n) is 1.21. The van der Waals surface area contributed by atoms with Crippen LogP contribution in [-0.4, -0.2) is 19.4 Å². The first kappa shape index (κ1) is 11.2. The molecule has 0 aliphatic rings. The van der Waals surface area contributed by atoms with Gasteiger partial charge < -0.3 is 4.90 Å². The van der Waals surface area contributed by atoms with Gasteiger partial charge in [-0.1, -0.05) is 0 Å². The molecule has 0 heterocycles. The van der Waals surface area contributed by atoms with Gasteiger partial charge in [-0.25, -0.2) is 0 Å². The summed E-state index contributed by atoms with van der Waals surface area (Å²) in [5.41, 5.74) is 1.85. The van der Waals surface area contributed by atoms with Gasteiger partial charge in [-0.05, 0) is 48.0 Å². The quantitative estimate of drug-likeness (QED) is 0.774. The Balaban J connectivity index is 3.07. The molecule has 2 nitrogen and oxygen atoms in total. The third-order valence-corrected chi connectivity index (χ3v) is 2.87. The van der Waals surface area contributed by atoms with Gasteiger partial charge in [0, 0.05) is 23.6 Å². The smallest absolute Gasteiger partial charge is 0.159 e. The first-order valence-electron chi connectivity index (χ1n) is 4.58. The lowest BCUT2D eigenvalue weighted by Crippen LogP contribution is -2.16. The standard InChI is InChI=1S/C11H14BrNO/c1-4-13(3)11-6-5-9(8(2)14)7-10(11)12/h5-7H,4H2,1-3H3. The molecule has 1 aromatic rings. The second-order valence-corrected chi connectivity index (χ2v) is 4.09. The highest BCUT2D eigenvalue weighted by atomic mass is 79.9. The number of ketones is 1. The summed E-state index contributed by atoms with van der Waals surface area (Å²) in [6, 6.07) is 5.68. The molecule has 0 aliphatic heterocycles. The van der Waals surface area contributed by atoms with Gasteiger partial charge in [0.1, 0.15) is 0 Å². The Morgan fingerprint density at radius 3 is 2.57 bits per heavy atom. The topological polar surface area (TPSA) is 20.3 Å². The molecule has 0 N–H and O–H groups in total. The van der Waals surface area contributed by atoms with E-state index < -0.39 is 0 Å². The molecule has 14 heavy (non-hydrogen) atoms. The van der Waals surface area contributed by atoms with Gasteiger partial charge in [0.15, 0.2) is 5.78 Å². The van der Waals surface area contributed by atoms with Crippen LogP contribution in [0.1, 0.15) is 24.2 Å². The number of halogens is 1. The van der Waals surface area contributed by atoms with Crippen molar-refractivity contribution in [3.63, 3.8) is 0 Å². The first-order chi connectivity index (χ1) is 6.56. The second kappa shape index (κ2) is 4.60. The average Bonchev–Trinajstić information content (AvgIpc) is 2.16. The SMILES string of the molecule is CCN(C)c1ccc(C(C)=O)cc1Br. The van der Waals surface area contributed by atoms with Gasteiger partial charge in [0.2, 0.25) is 0 Å². The van der Waals surface area contributed by atoms with Crippen LogP contribution in [0, 0.1) is 0 Å². The predicted molar refractivity (Wildman–Crippen MR) is 63.1 cm³/mol. The van der Waals surface area contributed by atoms with E-state index in [9.17, 15) is 4.79 Å². The number of anilines is 1. The number of carbonyl (C=O) groups excluding carboxylic acids is 1. The molecule has 0 saturated heterocycles. The summed E-state index contributed by atoms with van der Waals surface area (Å²) in [5.74, 6) is 0.0939. The molecule has 0 saturated carbocycles. The van der Waals surface area contributed by atoms with E-state index in [1.165, 1.54) is 0 Å². The minimum absolute atomic E-state index is 0.0939. The van der Waals surface area contributed by atoms with Crippen LogP contribution in [0.25, 0.3) is 0 Å². The van der Waals surface area contributed by atoms with Crippen molar-refractivity contribution < 1.29 is 4.79 Å². The Hall–Kier alpha value is -0.830. The molecule has 0 fully saturated rings. The fourth-order valence-corrected chi connectivity index (χ4v) is 1.89. The number of Topliss-reactive ketones (excluding diaryl/α,β-unsaturated/α-hetero) is 1. The van der Waals surface area contributed by atoms with Crippen molar-refractivity contribution in [2.75, 3.05) is 18.5 Å². The fraction of sp³-hybridized carbons (Fsp3) is 0.364. The summed E-state index contributed by atoms with van der Waals surface area (Å²) < 4.78 is 0.967. The van der Waals surface area contributed by atoms with E-state index in [1.54, 1.807) is 6.92 Å². The molecule has 1 rings (SSSR count). The number of benzene rings is 1. The van der Waals surface area contributed by atoms with Crippen molar-refractivity contribution in [3.05, 3.63) is 28.2 Å². The van der Waals surface area contributed by atoms with E-state index in [4.69, 9.17) is 0 Å². The highest BCUT2D eigenvalue weighted by Crippen LogP contribution is 2.26. The molecule has 3 heteroatoms. The summed E-state index contributed by atoms with van der Waals surface area (Å²) in [6.45, 7) is 4.61. The predicted octanol–water partition coefficient (Wildman–Crippen LogP) is 3.11. The Morgan fingerprint density at radius 2 is 2.14 bits per heavy atom. The molecular weight excluding hydrogens is 242 g/mol. The summed E-state index contributed by atoms with van der Waals surface area (Å²) >= 11 is 3.46. The van der Waals surface area contributed by atoms with E-state index >= 15 is 0 Å². The number of nitrogens with zero attached hydrogens (tertiary/aromatic N) is 1. The van der Waals surface area contributed by atoms with E-state index in [1.807, 2.05) is 25.2 Å². The second-order valence-electron chi connectivity index (χ2n) is 3.24. The molecule has 0 bridgehead atoms. The van der Waals surface area contributed by atoms with Gasteiger partial charge in [0.05, 0.1) is 5.69 Å². The molecular formula is C11H14BrNO. The Kier molecular flexibility index (Phi) is 3.69. The van der Waals surface area contributed by atoms with Crippen LogP contribution < -0.4 is 4.90 Å². The lowest BCUT2D eigenvalue weighted by Gasteiger charge is -2.18. The maximum atomic E-state index is 11.1. The molecule has 0 atom stereocenters. The van der Waals surface area contributed by atoms with Gasteiger partial charge >= 0.3 is 0 Å². The van der Waals surface area contributed by atoms with Crippen molar-refractivity contribution in [3.8, 4) is 0 Å². The van der Waals surface area contributed by atoms with Crippen molar-refractivity contribution in [1.29, 1.82) is 0 Å². The summed E-state index contributed by atoms with van der Waals surface area (Å²) in [4.78, 5) is 13.2. The van der Waals surface area contributed by atoms with Crippen LogP contribution in [0.2, 0.25) is 0 Å². The third kappa shape index (κ3) is 2.35. The first-order valence-corrected chi connectivity index (χ1v) is 5.37. The zero-order valence-electron chi connectivity index (χ0n) is 8.67. The minimum Gasteiger partial charge on any atom is -0.374 e. The highest BCUT2D eigenvalue weighted by molar-refractivity contribution is 9.10. The van der Waals surface area contributed by atoms with E-state index in [0.29, 0.717) is 0 Å². The Bertz CT molecular complexity index is 349. The van der Waals surface area contributed by atoms with Crippen LogP contribution in [0.15, 0.2) is 22.7 Å². The van der Waals surface area contributed by atoms with Gasteiger partial charge in [-0.2, -0.15) is 0 Å². The average molecular weight is 256 g/mol. The van der Waals surface area contributed by atoms with Crippen LogP contribution in [0.4, 0.5) is 5.69 Å². The van der Waals surface area contributed by atoms with E-state index in [-0.39, 0.29) is 5.78 Å². The summed E-state index contributed by atoms with van der Waals surface area (Å²) in [5, 5.41) is 0. The largest absolute Gasteiger partial charge is 0.374 e. The zero-order valence-corrected chi connectivity index (χ0v) is 10.3. The molecule has 0 aromatic heterocycles. The number of hydrogen-bond donors (Lipinski definition) is 0. The van der Waals surface area contributed by atoms with Crippen molar-refractivity contribution in [2.24, 2.45) is 0 Å². The zero-order chi connectivity index (χ0) is 10.7. The molecule has 0 spiro atoms. The third-order valence-electron chi connectivity index (χ3n) is 2.24. The molecule has 0 radical (unpaired) electrons. The van der Waals surface area contributed by atoms with Gasteiger partial charge in [-0.3, -0.25) is 4.79 Å². The minimum atomic E-state index is 0.0939. The maximum absolute atomic E-state index is 11.1. The van der Waals surface area contributed by atoms with Crippen LogP contribution in [0.3, 0.4) is 0 Å². The van der Waals surface area contributed by atoms with Crippen LogP contribution in [0.5, 0.6) is 0 Å². The van der Waals surface area contributed by atoms with Gasteiger partial charge in [-0.15, -0.1) is 0 Å². The van der Waals surface area contributed by atoms with Crippen LogP contribution >= 0.6 is 15.9 Å². The lowest BCUT2D eigenvalue weighted by molar-refractivity contribution is 0.101. The number of hydrogen-bond acceptors (Lipinski definition) is 2. The van der Waals surface area contributed by atoms with Crippen molar-refractivity contribution in [1.82, 2.24) is 0 Å². The lowest BCUT2D eigenvalue weighted by atomic mass is 10.1. The maximum Gasteiger partial charge on any atom is 0.159 e. The molecule has 0 amide bonds. The number of rotatable bonds is 3. The van der Waals surface area contributed by atoms with Crippen LogP contribution in [-0.2, 0) is 0 Å². The van der Waals surface area contributed by atoms with Crippen molar-refractivity contribution >= 4 is 27.4 Å². The Labute approximate surface area is 93.0 Å². The summed E-state index contributed by atoms with van der Waals surface area (Å²) in [6.07, 6.45) is 0. The molecule has 0 aliphatic carbocycles. The Morgan fingerprint density at radius 1 is 1.50 bits per heavy atom. The highest BCUT2D eigenvalue weighted by Gasteiger charge is 2.06. The van der Waals surface area contributed by atoms with E-state index in [0.717, 1.165) is 22.3 Å². The normalized spacial score (nSPS) is 10.0. The summed E-state index contributed by atoms with van der Waals surface area (Å²) in [7, 11) is 2.02. The molecule has 76 valence electrons. The number of carbonyl (C=O) groups is 1. The monoisotopic (exact) mass is 255 g/mol. The molecule has 0 unspecified atom stereocenters. The van der Waals surface area contributed by atoms with Crippen molar-refractivity contribution in [2.45, 2.75) is 13.8 Å². The van der Waals surface area contributed by atoms with Gasteiger partial charge in [0.25, 0.3) is 0 Å².